The van der Waals surface area contributed by atoms with E-state index in [1.54, 1.807) is 42.5 Å². The summed E-state index contributed by atoms with van der Waals surface area (Å²) in [5.41, 5.74) is 8.04. The second kappa shape index (κ2) is 10.6. The van der Waals surface area contributed by atoms with Gasteiger partial charge in [0.1, 0.15) is 5.75 Å². The fraction of sp³-hybridized carbons (Fsp3) is 0.250. The number of amides is 2. The topological polar surface area (TPSA) is 112 Å². The minimum atomic E-state index is -0.768. The van der Waals surface area contributed by atoms with Crippen LogP contribution in [-0.4, -0.2) is 31.9 Å². The number of hydrogen-bond acceptors (Lipinski definition) is 6. The molecule has 2 rings (SSSR count). The fourth-order valence-corrected chi connectivity index (χ4v) is 2.20. The molecule has 0 aliphatic rings. The highest BCUT2D eigenvalue weighted by Crippen LogP contribution is 2.28. The average molecular weight is 385 g/mol. The smallest absolute Gasteiger partial charge is 0.343 e. The Morgan fingerprint density at radius 1 is 1.14 bits per heavy atom. The third-order valence-electron chi connectivity index (χ3n) is 3.64. The molecule has 8 nitrogen and oxygen atoms in total. The summed E-state index contributed by atoms with van der Waals surface area (Å²) in [5.74, 6) is 0.790. The summed E-state index contributed by atoms with van der Waals surface area (Å²) >= 11 is 0. The van der Waals surface area contributed by atoms with Crippen LogP contribution in [-0.2, 0) is 0 Å². The molecule has 0 heterocycles. The van der Waals surface area contributed by atoms with Crippen LogP contribution in [0.5, 0.6) is 17.2 Å². The molecule has 0 fully saturated rings. The quantitative estimate of drug-likeness (QED) is 0.226. The van der Waals surface area contributed by atoms with Crippen LogP contribution in [0, 0.1) is 0 Å². The predicted octanol–water partition coefficient (Wildman–Crippen LogP) is 3.10. The monoisotopic (exact) mass is 385 g/mol. The van der Waals surface area contributed by atoms with E-state index in [1.807, 2.05) is 0 Å². The van der Waals surface area contributed by atoms with Gasteiger partial charge in [-0.15, -0.1) is 0 Å². The van der Waals surface area contributed by atoms with E-state index in [1.165, 1.54) is 13.3 Å². The molecular formula is C20H23N3O5. The number of nitrogens with zero attached hydrogens (tertiary/aromatic N) is 1. The van der Waals surface area contributed by atoms with Gasteiger partial charge in [-0.05, 0) is 54.4 Å². The molecule has 8 heteroatoms. The molecule has 2 aromatic rings. The summed E-state index contributed by atoms with van der Waals surface area (Å²) in [6.45, 7) is 2.73. The Bertz CT molecular complexity index is 834. The molecule has 3 N–H and O–H groups in total. The van der Waals surface area contributed by atoms with Crippen LogP contribution in [0.1, 0.15) is 35.7 Å². The van der Waals surface area contributed by atoms with E-state index in [-0.39, 0.29) is 5.75 Å². The molecule has 0 saturated carbocycles. The van der Waals surface area contributed by atoms with Gasteiger partial charge in [0.25, 0.3) is 0 Å². The first kappa shape index (κ1) is 20.8. The number of primary amides is 1. The van der Waals surface area contributed by atoms with Gasteiger partial charge in [-0.3, -0.25) is 0 Å². The zero-order valence-electron chi connectivity index (χ0n) is 15.8. The Balaban J connectivity index is 2.04. The number of methoxy groups -OCH3 is 1. The maximum absolute atomic E-state index is 12.4. The van der Waals surface area contributed by atoms with Crippen molar-refractivity contribution in [2.75, 3.05) is 13.7 Å². The first-order chi connectivity index (χ1) is 13.5. The van der Waals surface area contributed by atoms with E-state index in [4.69, 9.17) is 19.9 Å². The molecule has 0 saturated heterocycles. The standard InChI is InChI=1S/C20H23N3O5/c1-3-4-11-27-16-8-6-15(7-9-16)19(24)28-17-10-5-14(12-18(17)26-2)13-22-23-20(21)25/h5-10,12-13H,3-4,11H2,1-2H3,(H3,21,23,25). The lowest BCUT2D eigenvalue weighted by Gasteiger charge is -2.10. The number of carbonyl (C=O) groups is 2. The molecule has 0 aliphatic carbocycles. The maximum atomic E-state index is 12.4. The largest absolute Gasteiger partial charge is 0.494 e. The number of ether oxygens (including phenoxy) is 3. The zero-order valence-corrected chi connectivity index (χ0v) is 15.8. The van der Waals surface area contributed by atoms with Crippen molar-refractivity contribution in [2.45, 2.75) is 19.8 Å². The van der Waals surface area contributed by atoms with E-state index in [2.05, 4.69) is 17.5 Å². The number of hydrogen-bond donors (Lipinski definition) is 2. The van der Waals surface area contributed by atoms with E-state index in [0.717, 1.165) is 12.8 Å². The summed E-state index contributed by atoms with van der Waals surface area (Å²) in [5, 5.41) is 3.66. The highest BCUT2D eigenvalue weighted by molar-refractivity contribution is 5.91. The summed E-state index contributed by atoms with van der Waals surface area (Å²) in [6, 6.07) is 10.8. The van der Waals surface area contributed by atoms with Gasteiger partial charge in [0.2, 0.25) is 0 Å². The molecule has 148 valence electrons. The van der Waals surface area contributed by atoms with Gasteiger partial charge in [0.15, 0.2) is 11.5 Å². The lowest BCUT2D eigenvalue weighted by molar-refractivity contribution is 0.0729. The van der Waals surface area contributed by atoms with E-state index in [0.29, 0.717) is 29.2 Å². The summed E-state index contributed by atoms with van der Waals surface area (Å²) in [4.78, 5) is 23.0. The van der Waals surface area contributed by atoms with Gasteiger partial charge < -0.3 is 19.9 Å². The number of hydrazone groups is 1. The molecule has 0 unspecified atom stereocenters. The number of benzene rings is 2. The molecular weight excluding hydrogens is 362 g/mol. The molecule has 0 radical (unpaired) electrons. The Kier molecular flexibility index (Phi) is 7.83. The van der Waals surface area contributed by atoms with Crippen LogP contribution in [0.3, 0.4) is 0 Å². The van der Waals surface area contributed by atoms with Crippen LogP contribution >= 0.6 is 0 Å². The van der Waals surface area contributed by atoms with Gasteiger partial charge in [-0.25, -0.2) is 15.0 Å². The SMILES string of the molecule is CCCCOc1ccc(C(=O)Oc2ccc(C=NNC(N)=O)cc2OC)cc1. The third kappa shape index (κ3) is 6.31. The Morgan fingerprint density at radius 2 is 1.89 bits per heavy atom. The van der Waals surface area contributed by atoms with Crippen molar-refractivity contribution in [3.8, 4) is 17.2 Å². The number of carbonyl (C=O) groups excluding carboxylic acids is 2. The van der Waals surface area contributed by atoms with Crippen LogP contribution in [0.25, 0.3) is 0 Å². The first-order valence-corrected chi connectivity index (χ1v) is 8.75. The van der Waals surface area contributed by atoms with E-state index < -0.39 is 12.0 Å². The number of unbranched alkanes of at least 4 members (excludes halogenated alkanes) is 1. The highest BCUT2D eigenvalue weighted by atomic mass is 16.6. The van der Waals surface area contributed by atoms with Gasteiger partial charge >= 0.3 is 12.0 Å². The highest BCUT2D eigenvalue weighted by Gasteiger charge is 2.13. The zero-order chi connectivity index (χ0) is 20.4. The minimum Gasteiger partial charge on any atom is -0.494 e. The fourth-order valence-electron chi connectivity index (χ4n) is 2.20. The maximum Gasteiger partial charge on any atom is 0.343 e. The van der Waals surface area contributed by atoms with E-state index >= 15 is 0 Å². The van der Waals surface area contributed by atoms with Crippen LogP contribution in [0.2, 0.25) is 0 Å². The predicted molar refractivity (Wildman–Crippen MR) is 105 cm³/mol. The average Bonchev–Trinajstić information content (AvgIpc) is 2.69. The molecule has 2 amide bonds. The minimum absolute atomic E-state index is 0.260. The van der Waals surface area contributed by atoms with Crippen LogP contribution in [0.15, 0.2) is 47.6 Å². The van der Waals surface area contributed by atoms with Crippen LogP contribution < -0.4 is 25.4 Å². The lowest BCUT2D eigenvalue weighted by Crippen LogP contribution is -2.24. The summed E-state index contributed by atoms with van der Waals surface area (Å²) in [6.07, 6.45) is 3.41. The number of nitrogens with two attached hydrogens (primary N) is 1. The van der Waals surface area contributed by atoms with Crippen molar-refractivity contribution in [1.29, 1.82) is 0 Å². The van der Waals surface area contributed by atoms with Gasteiger partial charge in [-0.1, -0.05) is 13.3 Å². The molecule has 0 aliphatic heterocycles. The van der Waals surface area contributed by atoms with Crippen molar-refractivity contribution < 1.29 is 23.8 Å². The second-order valence-corrected chi connectivity index (χ2v) is 5.76. The number of nitrogens with one attached hydrogen (secondary N) is 1. The van der Waals surface area contributed by atoms with Gasteiger partial charge in [0.05, 0.1) is 25.5 Å². The van der Waals surface area contributed by atoms with Crippen molar-refractivity contribution in [1.82, 2.24) is 5.43 Å². The normalized spacial score (nSPS) is 10.5. The van der Waals surface area contributed by atoms with Crippen molar-refractivity contribution in [3.63, 3.8) is 0 Å². The Hall–Kier alpha value is -3.55. The molecule has 28 heavy (non-hydrogen) atoms. The molecule has 0 aromatic heterocycles. The summed E-state index contributed by atoms with van der Waals surface area (Å²) in [7, 11) is 1.46. The number of esters is 1. The molecule has 0 spiro atoms. The number of rotatable bonds is 9. The number of urea groups is 1. The van der Waals surface area contributed by atoms with E-state index in [9.17, 15) is 9.59 Å². The van der Waals surface area contributed by atoms with Crippen molar-refractivity contribution in [2.24, 2.45) is 10.8 Å². The molecule has 0 bridgehead atoms. The van der Waals surface area contributed by atoms with Crippen molar-refractivity contribution >= 4 is 18.2 Å². The Morgan fingerprint density at radius 3 is 2.54 bits per heavy atom. The van der Waals surface area contributed by atoms with Gasteiger partial charge in [-0.2, -0.15) is 5.10 Å². The van der Waals surface area contributed by atoms with Crippen molar-refractivity contribution in [3.05, 3.63) is 53.6 Å². The first-order valence-electron chi connectivity index (χ1n) is 8.75. The molecule has 2 aromatic carbocycles. The molecule has 0 atom stereocenters. The Labute approximate surface area is 163 Å². The summed E-state index contributed by atoms with van der Waals surface area (Å²) < 4.78 is 16.3. The third-order valence-corrected chi connectivity index (χ3v) is 3.64. The lowest BCUT2D eigenvalue weighted by atomic mass is 10.2. The van der Waals surface area contributed by atoms with Gasteiger partial charge in [0, 0.05) is 0 Å². The second-order valence-electron chi connectivity index (χ2n) is 5.76. The van der Waals surface area contributed by atoms with Crippen LogP contribution in [0.4, 0.5) is 4.79 Å².